The molecule has 0 aliphatic carbocycles. The van der Waals surface area contributed by atoms with Crippen LogP contribution in [-0.4, -0.2) is 32.3 Å². The number of hydrogen-bond donors (Lipinski definition) is 2. The van der Waals surface area contributed by atoms with Crippen molar-refractivity contribution in [2.24, 2.45) is 0 Å². The van der Waals surface area contributed by atoms with Gasteiger partial charge in [0.25, 0.3) is 11.5 Å². The fourth-order valence-electron chi connectivity index (χ4n) is 2.61. The number of fused-ring (bicyclic) bond motifs is 1. The van der Waals surface area contributed by atoms with E-state index < -0.39 is 0 Å². The third-order valence-corrected chi connectivity index (χ3v) is 4.20. The Morgan fingerprint density at radius 3 is 2.64 bits per heavy atom. The lowest BCUT2D eigenvalue weighted by molar-refractivity contribution is -0.118. The summed E-state index contributed by atoms with van der Waals surface area (Å²) < 4.78 is 6.97. The quantitative estimate of drug-likeness (QED) is 0.541. The zero-order valence-electron chi connectivity index (χ0n) is 14.4. The van der Waals surface area contributed by atoms with E-state index in [4.69, 9.17) is 16.3 Å². The molecule has 140 valence electrons. The highest BCUT2D eigenvalue weighted by Crippen LogP contribution is 2.17. The van der Waals surface area contributed by atoms with Crippen molar-refractivity contribution in [3.8, 4) is 11.4 Å². The standard InChI is InChI=1S/C19H14ClN5O3/c20-12-1-7-15(8-2-12)28-10-17(26)24-13-3-5-14(6-4-13)25-18-16(9-23-25)19(27)22-11-21-18/h1-9,11H,10H2,(H,24,26)(H,21,22,27). The van der Waals surface area contributed by atoms with E-state index in [0.29, 0.717) is 33.2 Å². The number of ether oxygens (including phenoxy) is 1. The summed E-state index contributed by atoms with van der Waals surface area (Å²) in [5.74, 6) is 0.267. The van der Waals surface area contributed by atoms with Crippen LogP contribution in [0.5, 0.6) is 5.75 Å². The lowest BCUT2D eigenvalue weighted by Gasteiger charge is -2.08. The van der Waals surface area contributed by atoms with Crippen molar-refractivity contribution >= 4 is 34.2 Å². The van der Waals surface area contributed by atoms with Crippen LogP contribution in [0.15, 0.2) is 65.8 Å². The minimum Gasteiger partial charge on any atom is -0.484 e. The van der Waals surface area contributed by atoms with Crippen molar-refractivity contribution in [3.63, 3.8) is 0 Å². The van der Waals surface area contributed by atoms with Crippen molar-refractivity contribution in [1.82, 2.24) is 19.7 Å². The van der Waals surface area contributed by atoms with Crippen molar-refractivity contribution in [2.45, 2.75) is 0 Å². The van der Waals surface area contributed by atoms with Crippen LogP contribution in [0, 0.1) is 0 Å². The molecule has 0 unspecified atom stereocenters. The first-order chi connectivity index (χ1) is 13.6. The Balaban J connectivity index is 1.43. The molecule has 1 amide bonds. The normalized spacial score (nSPS) is 10.8. The summed E-state index contributed by atoms with van der Waals surface area (Å²) in [6.45, 7) is -0.125. The number of H-pyrrole nitrogens is 1. The van der Waals surface area contributed by atoms with Crippen LogP contribution in [0.25, 0.3) is 16.7 Å². The fourth-order valence-corrected chi connectivity index (χ4v) is 2.73. The van der Waals surface area contributed by atoms with E-state index in [1.165, 1.54) is 12.5 Å². The molecule has 28 heavy (non-hydrogen) atoms. The zero-order chi connectivity index (χ0) is 19.5. The second kappa shape index (κ2) is 7.53. The van der Waals surface area contributed by atoms with Gasteiger partial charge >= 0.3 is 0 Å². The van der Waals surface area contributed by atoms with E-state index in [1.807, 2.05) is 0 Å². The Bertz CT molecular complexity index is 1180. The van der Waals surface area contributed by atoms with Crippen molar-refractivity contribution < 1.29 is 9.53 Å². The van der Waals surface area contributed by atoms with Crippen LogP contribution < -0.4 is 15.6 Å². The highest BCUT2D eigenvalue weighted by atomic mass is 35.5. The number of nitrogens with one attached hydrogen (secondary N) is 2. The molecule has 0 spiro atoms. The maximum atomic E-state index is 12.1. The monoisotopic (exact) mass is 395 g/mol. The first kappa shape index (κ1) is 17.7. The van der Waals surface area contributed by atoms with Gasteiger partial charge in [0.15, 0.2) is 12.3 Å². The molecular formula is C19H14ClN5O3. The Hall–Kier alpha value is -3.65. The van der Waals surface area contributed by atoms with Crippen LogP contribution in [0.2, 0.25) is 5.02 Å². The number of halogens is 1. The number of amides is 1. The van der Waals surface area contributed by atoms with Crippen molar-refractivity contribution in [3.05, 3.63) is 76.4 Å². The lowest BCUT2D eigenvalue weighted by atomic mass is 10.2. The molecule has 9 heteroatoms. The number of benzene rings is 2. The largest absolute Gasteiger partial charge is 0.484 e. The van der Waals surface area contributed by atoms with Crippen LogP contribution in [0.1, 0.15) is 0 Å². The van der Waals surface area contributed by atoms with Gasteiger partial charge in [0, 0.05) is 10.7 Å². The van der Waals surface area contributed by atoms with Crippen LogP contribution in [0.4, 0.5) is 5.69 Å². The minimum atomic E-state index is -0.291. The van der Waals surface area contributed by atoms with Gasteiger partial charge in [-0.25, -0.2) is 9.67 Å². The van der Waals surface area contributed by atoms with Crippen molar-refractivity contribution in [1.29, 1.82) is 0 Å². The smallest absolute Gasteiger partial charge is 0.262 e. The molecule has 8 nitrogen and oxygen atoms in total. The average molecular weight is 396 g/mol. The van der Waals surface area contributed by atoms with Crippen LogP contribution in [-0.2, 0) is 4.79 Å². The first-order valence-corrected chi connectivity index (χ1v) is 8.68. The molecule has 4 rings (SSSR count). The van der Waals surface area contributed by atoms with Gasteiger partial charge in [-0.1, -0.05) is 11.6 Å². The highest BCUT2D eigenvalue weighted by Gasteiger charge is 2.09. The summed E-state index contributed by atoms with van der Waals surface area (Å²) >= 11 is 5.81. The zero-order valence-corrected chi connectivity index (χ0v) is 15.2. The fraction of sp³-hybridized carbons (Fsp3) is 0.0526. The number of carbonyl (C=O) groups excluding carboxylic acids is 1. The molecule has 0 saturated heterocycles. The molecule has 0 radical (unpaired) electrons. The number of carbonyl (C=O) groups is 1. The highest BCUT2D eigenvalue weighted by molar-refractivity contribution is 6.30. The number of aromatic nitrogens is 4. The maximum Gasteiger partial charge on any atom is 0.262 e. The number of hydrogen-bond acceptors (Lipinski definition) is 5. The van der Waals surface area contributed by atoms with Gasteiger partial charge in [0.05, 0.1) is 18.2 Å². The van der Waals surface area contributed by atoms with Gasteiger partial charge in [-0.15, -0.1) is 0 Å². The maximum absolute atomic E-state index is 12.1. The second-order valence-corrected chi connectivity index (χ2v) is 6.30. The summed E-state index contributed by atoms with van der Waals surface area (Å²) in [5, 5.41) is 7.96. The molecule has 2 N–H and O–H groups in total. The summed E-state index contributed by atoms with van der Waals surface area (Å²) in [4.78, 5) is 30.5. The van der Waals surface area contributed by atoms with Crippen molar-refractivity contribution in [2.75, 3.05) is 11.9 Å². The number of nitrogens with zero attached hydrogens (tertiary/aromatic N) is 3. The number of aromatic amines is 1. The predicted octanol–water partition coefficient (Wildman–Crippen LogP) is 2.78. The third kappa shape index (κ3) is 3.72. The van der Waals surface area contributed by atoms with Crippen LogP contribution in [0.3, 0.4) is 0 Å². The van der Waals surface area contributed by atoms with Gasteiger partial charge in [-0.2, -0.15) is 5.10 Å². The Morgan fingerprint density at radius 1 is 1.14 bits per heavy atom. The summed E-state index contributed by atoms with van der Waals surface area (Å²) in [6.07, 6.45) is 2.79. The molecular weight excluding hydrogens is 382 g/mol. The predicted molar refractivity (Wildman–Crippen MR) is 105 cm³/mol. The van der Waals surface area contributed by atoms with E-state index in [2.05, 4.69) is 20.4 Å². The molecule has 4 aromatic rings. The van der Waals surface area contributed by atoms with E-state index in [9.17, 15) is 9.59 Å². The SMILES string of the molecule is O=C(COc1ccc(Cl)cc1)Nc1ccc(-n2ncc3c(=O)[nH]cnc32)cc1. The molecule has 0 fully saturated rings. The number of rotatable bonds is 5. The Labute approximate surface area is 163 Å². The van der Waals surface area contributed by atoms with E-state index in [-0.39, 0.29) is 18.1 Å². The molecule has 0 aliphatic heterocycles. The Kier molecular flexibility index (Phi) is 4.77. The molecule has 2 heterocycles. The van der Waals surface area contributed by atoms with E-state index >= 15 is 0 Å². The third-order valence-electron chi connectivity index (χ3n) is 3.95. The van der Waals surface area contributed by atoms with Gasteiger partial charge in [-0.05, 0) is 48.5 Å². The van der Waals surface area contributed by atoms with Gasteiger partial charge in [0.1, 0.15) is 11.1 Å². The van der Waals surface area contributed by atoms with E-state index in [0.717, 1.165) is 0 Å². The summed E-state index contributed by atoms with van der Waals surface area (Å²) in [7, 11) is 0. The topological polar surface area (TPSA) is 102 Å². The molecule has 2 aromatic heterocycles. The van der Waals surface area contributed by atoms with Gasteiger partial charge in [-0.3, -0.25) is 9.59 Å². The molecule has 0 saturated carbocycles. The number of anilines is 1. The minimum absolute atomic E-state index is 0.125. The lowest BCUT2D eigenvalue weighted by Crippen LogP contribution is -2.20. The van der Waals surface area contributed by atoms with Crippen LogP contribution >= 0.6 is 11.6 Å². The second-order valence-electron chi connectivity index (χ2n) is 5.86. The molecule has 0 bridgehead atoms. The molecule has 0 aliphatic rings. The molecule has 0 atom stereocenters. The summed E-state index contributed by atoms with van der Waals surface area (Å²) in [6, 6.07) is 13.8. The molecule has 2 aromatic carbocycles. The first-order valence-electron chi connectivity index (χ1n) is 8.30. The average Bonchev–Trinajstić information content (AvgIpc) is 3.14. The Morgan fingerprint density at radius 2 is 1.89 bits per heavy atom. The van der Waals surface area contributed by atoms with E-state index in [1.54, 1.807) is 53.2 Å². The van der Waals surface area contributed by atoms with Gasteiger partial charge in [0.2, 0.25) is 0 Å². The summed E-state index contributed by atoms with van der Waals surface area (Å²) in [5.41, 5.74) is 1.52. The van der Waals surface area contributed by atoms with Gasteiger partial charge < -0.3 is 15.0 Å².